The van der Waals surface area contributed by atoms with E-state index in [9.17, 15) is 0 Å². The lowest BCUT2D eigenvalue weighted by atomic mass is 10.5. The zero-order valence-electron chi connectivity index (χ0n) is 10.3. The van der Waals surface area contributed by atoms with Gasteiger partial charge in [0.1, 0.15) is 5.82 Å². The van der Waals surface area contributed by atoms with E-state index in [4.69, 9.17) is 4.74 Å². The third-order valence-corrected chi connectivity index (χ3v) is 2.49. The summed E-state index contributed by atoms with van der Waals surface area (Å²) >= 11 is 0. The minimum Gasteiger partial charge on any atom is -0.383 e. The second-order valence-corrected chi connectivity index (χ2v) is 3.86. The molecule has 1 N–H and O–H groups in total. The molecule has 0 saturated heterocycles. The molecule has 0 aliphatic heterocycles. The van der Waals surface area contributed by atoms with Crippen LogP contribution in [0.25, 0.3) is 0 Å². The monoisotopic (exact) mass is 235 g/mol. The van der Waals surface area contributed by atoms with Gasteiger partial charge in [-0.2, -0.15) is 5.10 Å². The number of anilines is 2. The van der Waals surface area contributed by atoms with Crippen LogP contribution in [0.4, 0.5) is 11.8 Å². The molecule has 0 fully saturated rings. The molecule has 2 aromatic rings. The van der Waals surface area contributed by atoms with Crippen LogP contribution >= 0.6 is 0 Å². The average molecular weight is 235 g/mol. The largest absolute Gasteiger partial charge is 0.383 e. The number of aryl methyl sites for hydroxylation is 2. The summed E-state index contributed by atoms with van der Waals surface area (Å²) in [4.78, 5) is 4.43. The fourth-order valence-corrected chi connectivity index (χ4v) is 1.62. The number of imidazole rings is 1. The third kappa shape index (κ3) is 2.65. The second kappa shape index (κ2) is 5.01. The molecule has 0 aromatic carbocycles. The van der Waals surface area contributed by atoms with Gasteiger partial charge < -0.3 is 14.6 Å². The van der Waals surface area contributed by atoms with E-state index in [1.165, 1.54) is 0 Å². The fourth-order valence-electron chi connectivity index (χ4n) is 1.62. The number of aromatic nitrogens is 4. The van der Waals surface area contributed by atoms with Crippen molar-refractivity contribution >= 4 is 11.8 Å². The molecule has 0 atom stereocenters. The Hall–Kier alpha value is -1.82. The molecule has 0 saturated carbocycles. The fraction of sp³-hybridized carbons (Fsp3) is 0.455. The summed E-state index contributed by atoms with van der Waals surface area (Å²) in [6.07, 6.45) is 3.75. The van der Waals surface area contributed by atoms with Crippen LogP contribution in [0, 0.1) is 6.92 Å². The maximum absolute atomic E-state index is 5.08. The number of ether oxygens (including phenoxy) is 1. The molecule has 0 aliphatic rings. The summed E-state index contributed by atoms with van der Waals surface area (Å²) in [5.74, 6) is 1.72. The maximum Gasteiger partial charge on any atom is 0.208 e. The lowest BCUT2D eigenvalue weighted by Gasteiger charge is -2.09. The molecule has 0 amide bonds. The van der Waals surface area contributed by atoms with Gasteiger partial charge in [-0.25, -0.2) is 4.98 Å². The molecule has 0 unspecified atom stereocenters. The highest BCUT2D eigenvalue weighted by molar-refractivity contribution is 5.48. The molecule has 0 radical (unpaired) electrons. The van der Waals surface area contributed by atoms with Crippen molar-refractivity contribution in [3.63, 3.8) is 0 Å². The molecule has 0 spiro atoms. The van der Waals surface area contributed by atoms with Gasteiger partial charge in [0.15, 0.2) is 0 Å². The highest BCUT2D eigenvalue weighted by Gasteiger charge is 2.07. The van der Waals surface area contributed by atoms with Crippen molar-refractivity contribution in [3.8, 4) is 0 Å². The van der Waals surface area contributed by atoms with Gasteiger partial charge in [0.05, 0.1) is 18.5 Å². The van der Waals surface area contributed by atoms with E-state index >= 15 is 0 Å². The third-order valence-electron chi connectivity index (χ3n) is 2.49. The highest BCUT2D eigenvalue weighted by atomic mass is 16.5. The van der Waals surface area contributed by atoms with Gasteiger partial charge in [0.2, 0.25) is 5.95 Å². The Kier molecular flexibility index (Phi) is 3.43. The Morgan fingerprint density at radius 2 is 2.29 bits per heavy atom. The van der Waals surface area contributed by atoms with Crippen LogP contribution in [0.2, 0.25) is 0 Å². The Bertz CT molecular complexity index is 488. The van der Waals surface area contributed by atoms with Crippen molar-refractivity contribution in [2.75, 3.05) is 19.0 Å². The highest BCUT2D eigenvalue weighted by Crippen LogP contribution is 2.15. The molecule has 6 heteroatoms. The summed E-state index contributed by atoms with van der Waals surface area (Å²) in [6, 6.07) is 1.91. The SMILES string of the molecule is COCCn1cc(C)nc1Nc1ccnn1C. The first-order valence-corrected chi connectivity index (χ1v) is 5.48. The predicted molar refractivity (Wildman–Crippen MR) is 65.3 cm³/mol. The summed E-state index contributed by atoms with van der Waals surface area (Å²) in [7, 11) is 3.58. The van der Waals surface area contributed by atoms with E-state index < -0.39 is 0 Å². The van der Waals surface area contributed by atoms with Crippen LogP contribution in [0.1, 0.15) is 5.69 Å². The van der Waals surface area contributed by atoms with E-state index in [-0.39, 0.29) is 0 Å². The standard InChI is InChI=1S/C11H17N5O/c1-9-8-16(6-7-17-3)11(13-9)14-10-4-5-12-15(10)2/h4-5,8H,6-7H2,1-3H3,(H,13,14). The normalized spacial score (nSPS) is 10.8. The van der Waals surface area contributed by atoms with Crippen LogP contribution in [-0.2, 0) is 18.3 Å². The molecule has 92 valence electrons. The smallest absolute Gasteiger partial charge is 0.208 e. The minimum atomic E-state index is 0.663. The number of methoxy groups -OCH3 is 1. The first-order valence-electron chi connectivity index (χ1n) is 5.48. The first-order chi connectivity index (χ1) is 8.20. The number of hydrogen-bond donors (Lipinski definition) is 1. The Balaban J connectivity index is 2.17. The molecule has 0 aliphatic carbocycles. The van der Waals surface area contributed by atoms with Crippen LogP contribution in [0.5, 0.6) is 0 Å². The number of nitrogens with zero attached hydrogens (tertiary/aromatic N) is 4. The Morgan fingerprint density at radius 3 is 2.94 bits per heavy atom. The van der Waals surface area contributed by atoms with E-state index in [1.54, 1.807) is 18.0 Å². The second-order valence-electron chi connectivity index (χ2n) is 3.86. The summed E-state index contributed by atoms with van der Waals surface area (Å²) in [5.41, 5.74) is 0.978. The van der Waals surface area contributed by atoms with E-state index in [1.807, 2.05) is 30.8 Å². The van der Waals surface area contributed by atoms with Gasteiger partial charge in [0, 0.05) is 33.0 Å². The Labute approximate surface area is 100 Å². The minimum absolute atomic E-state index is 0.663. The summed E-state index contributed by atoms with van der Waals surface area (Å²) in [6.45, 7) is 3.41. The van der Waals surface area contributed by atoms with Crippen molar-refractivity contribution in [2.45, 2.75) is 13.5 Å². The van der Waals surface area contributed by atoms with Gasteiger partial charge in [-0.3, -0.25) is 4.68 Å². The molecular formula is C11H17N5O. The summed E-state index contributed by atoms with van der Waals surface area (Å²) < 4.78 is 8.88. The van der Waals surface area contributed by atoms with Crippen LogP contribution < -0.4 is 5.32 Å². The van der Waals surface area contributed by atoms with Crippen molar-refractivity contribution < 1.29 is 4.74 Å². The molecular weight excluding hydrogens is 218 g/mol. The van der Waals surface area contributed by atoms with E-state index in [2.05, 4.69) is 15.4 Å². The van der Waals surface area contributed by atoms with Gasteiger partial charge >= 0.3 is 0 Å². The number of nitrogens with one attached hydrogen (secondary N) is 1. The van der Waals surface area contributed by atoms with E-state index in [0.717, 1.165) is 24.0 Å². The molecule has 0 bridgehead atoms. The summed E-state index contributed by atoms with van der Waals surface area (Å²) in [5, 5.41) is 7.35. The molecule has 2 aromatic heterocycles. The molecule has 17 heavy (non-hydrogen) atoms. The zero-order valence-corrected chi connectivity index (χ0v) is 10.3. The molecule has 6 nitrogen and oxygen atoms in total. The van der Waals surface area contributed by atoms with Gasteiger partial charge in [-0.05, 0) is 6.92 Å². The van der Waals surface area contributed by atoms with Crippen molar-refractivity contribution in [3.05, 3.63) is 24.2 Å². The lowest BCUT2D eigenvalue weighted by molar-refractivity contribution is 0.188. The van der Waals surface area contributed by atoms with Gasteiger partial charge in [0.25, 0.3) is 0 Å². The van der Waals surface area contributed by atoms with Crippen molar-refractivity contribution in [2.24, 2.45) is 7.05 Å². The van der Waals surface area contributed by atoms with Gasteiger partial charge in [-0.15, -0.1) is 0 Å². The van der Waals surface area contributed by atoms with Crippen molar-refractivity contribution in [1.29, 1.82) is 0 Å². The maximum atomic E-state index is 5.08. The zero-order chi connectivity index (χ0) is 12.3. The van der Waals surface area contributed by atoms with E-state index in [0.29, 0.717) is 6.61 Å². The predicted octanol–water partition coefficient (Wildman–Crippen LogP) is 1.32. The molecule has 2 rings (SSSR count). The topological polar surface area (TPSA) is 56.9 Å². The quantitative estimate of drug-likeness (QED) is 0.849. The first kappa shape index (κ1) is 11.7. The van der Waals surface area contributed by atoms with Crippen LogP contribution in [0.15, 0.2) is 18.5 Å². The number of hydrogen-bond acceptors (Lipinski definition) is 4. The lowest BCUT2D eigenvalue weighted by Crippen LogP contribution is -2.08. The van der Waals surface area contributed by atoms with Crippen LogP contribution in [0.3, 0.4) is 0 Å². The number of rotatable bonds is 5. The van der Waals surface area contributed by atoms with Gasteiger partial charge in [-0.1, -0.05) is 0 Å². The average Bonchev–Trinajstić information content (AvgIpc) is 2.84. The van der Waals surface area contributed by atoms with Crippen molar-refractivity contribution in [1.82, 2.24) is 19.3 Å². The Morgan fingerprint density at radius 1 is 1.47 bits per heavy atom. The van der Waals surface area contributed by atoms with Crippen LogP contribution in [-0.4, -0.2) is 33.0 Å². The molecule has 2 heterocycles.